The number of rotatable bonds is 3. The summed E-state index contributed by atoms with van der Waals surface area (Å²) in [4.78, 5) is 27.1. The lowest BCUT2D eigenvalue weighted by atomic mass is 10.4. The molecule has 0 unspecified atom stereocenters. The molecule has 0 aliphatic carbocycles. The highest BCUT2D eigenvalue weighted by Gasteiger charge is 2.02. The third-order valence-electron chi connectivity index (χ3n) is 2.45. The highest BCUT2D eigenvalue weighted by Crippen LogP contribution is 1.99. The molecule has 0 saturated carbocycles. The Bertz CT molecular complexity index is 675. The number of halogens is 1. The molecule has 7 heteroatoms. The van der Waals surface area contributed by atoms with E-state index < -0.39 is 0 Å². The van der Waals surface area contributed by atoms with Gasteiger partial charge in [-0.3, -0.25) is 14.2 Å². The van der Waals surface area contributed by atoms with Crippen molar-refractivity contribution >= 4 is 21.6 Å². The van der Waals surface area contributed by atoms with Crippen LogP contribution >= 0.6 is 15.9 Å². The molecule has 18 heavy (non-hydrogen) atoms. The van der Waals surface area contributed by atoms with Gasteiger partial charge in [0.1, 0.15) is 4.47 Å². The summed E-state index contributed by atoms with van der Waals surface area (Å²) in [5.41, 5.74) is 5.78. The Kier molecular flexibility index (Phi) is 3.61. The first-order valence-corrected chi connectivity index (χ1v) is 6.03. The van der Waals surface area contributed by atoms with Crippen LogP contribution in [0.15, 0.2) is 44.9 Å². The van der Waals surface area contributed by atoms with Crippen molar-refractivity contribution in [2.24, 2.45) is 0 Å². The summed E-state index contributed by atoms with van der Waals surface area (Å²) in [6, 6.07) is 2.95. The van der Waals surface area contributed by atoms with E-state index in [-0.39, 0.29) is 11.1 Å². The number of aromatic nitrogens is 3. The monoisotopic (exact) mass is 310 g/mol. The van der Waals surface area contributed by atoms with Crippen LogP contribution in [0.5, 0.6) is 0 Å². The minimum absolute atomic E-state index is 0.153. The fourth-order valence-electron chi connectivity index (χ4n) is 1.52. The SMILES string of the molecule is Nc1ccc(=O)n(CCn2cncc(Br)c2=O)c1. The zero-order chi connectivity index (χ0) is 13.1. The largest absolute Gasteiger partial charge is 0.398 e. The van der Waals surface area contributed by atoms with Gasteiger partial charge in [-0.25, -0.2) is 4.98 Å². The minimum Gasteiger partial charge on any atom is -0.398 e. The maximum Gasteiger partial charge on any atom is 0.267 e. The van der Waals surface area contributed by atoms with Crippen LogP contribution in [-0.2, 0) is 13.1 Å². The fourth-order valence-corrected chi connectivity index (χ4v) is 1.87. The molecule has 6 nitrogen and oxygen atoms in total. The predicted molar refractivity (Wildman–Crippen MR) is 71.3 cm³/mol. The van der Waals surface area contributed by atoms with E-state index in [1.165, 1.54) is 27.7 Å². The Hall–Kier alpha value is -1.89. The summed E-state index contributed by atoms with van der Waals surface area (Å²) < 4.78 is 3.28. The molecule has 2 aromatic rings. The Morgan fingerprint density at radius 3 is 2.72 bits per heavy atom. The molecule has 0 aliphatic heterocycles. The molecule has 94 valence electrons. The van der Waals surface area contributed by atoms with Crippen molar-refractivity contribution < 1.29 is 0 Å². The number of nitrogen functional groups attached to an aromatic ring is 1. The molecule has 0 saturated heterocycles. The van der Waals surface area contributed by atoms with Crippen LogP contribution < -0.4 is 16.9 Å². The van der Waals surface area contributed by atoms with Crippen LogP contribution in [0, 0.1) is 0 Å². The number of hydrogen-bond donors (Lipinski definition) is 1. The predicted octanol–water partition coefficient (Wildman–Crippen LogP) is 0.450. The molecule has 0 amide bonds. The molecule has 0 bridgehead atoms. The number of aryl methyl sites for hydroxylation is 2. The van der Waals surface area contributed by atoms with E-state index in [1.807, 2.05) is 0 Å². The standard InChI is InChI=1S/C11H11BrN4O2/c12-9-5-14-7-16(11(9)18)4-3-15-6-8(13)1-2-10(15)17/h1-2,5-7H,3-4,13H2. The molecule has 2 rings (SSSR count). The Morgan fingerprint density at radius 2 is 1.94 bits per heavy atom. The number of hydrogen-bond acceptors (Lipinski definition) is 4. The topological polar surface area (TPSA) is 82.9 Å². The molecule has 0 fully saturated rings. The van der Waals surface area contributed by atoms with E-state index in [4.69, 9.17) is 5.73 Å². The molecule has 0 aromatic carbocycles. The zero-order valence-electron chi connectivity index (χ0n) is 9.41. The summed E-state index contributed by atoms with van der Waals surface area (Å²) >= 11 is 3.11. The lowest BCUT2D eigenvalue weighted by Gasteiger charge is -2.08. The first kappa shape index (κ1) is 12.6. The van der Waals surface area contributed by atoms with E-state index in [2.05, 4.69) is 20.9 Å². The molecule has 0 atom stereocenters. The Labute approximate surface area is 111 Å². The third kappa shape index (κ3) is 2.67. The van der Waals surface area contributed by atoms with Gasteiger partial charge in [0.05, 0.1) is 6.33 Å². The van der Waals surface area contributed by atoms with Crippen molar-refractivity contribution in [2.75, 3.05) is 5.73 Å². The third-order valence-corrected chi connectivity index (χ3v) is 2.99. The summed E-state index contributed by atoms with van der Waals surface area (Å²) in [5, 5.41) is 0. The smallest absolute Gasteiger partial charge is 0.267 e. The van der Waals surface area contributed by atoms with Crippen molar-refractivity contribution in [2.45, 2.75) is 13.1 Å². The van der Waals surface area contributed by atoms with Gasteiger partial charge in [-0.1, -0.05) is 0 Å². The Morgan fingerprint density at radius 1 is 1.22 bits per heavy atom. The van der Waals surface area contributed by atoms with Gasteiger partial charge in [0.25, 0.3) is 11.1 Å². The number of anilines is 1. The van der Waals surface area contributed by atoms with Crippen LogP contribution in [-0.4, -0.2) is 14.1 Å². The quantitative estimate of drug-likeness (QED) is 0.892. The van der Waals surface area contributed by atoms with E-state index >= 15 is 0 Å². The van der Waals surface area contributed by atoms with Gasteiger partial charge in [0, 0.05) is 37.2 Å². The molecule has 0 aliphatic rings. The number of nitrogens with two attached hydrogens (primary N) is 1. The highest BCUT2D eigenvalue weighted by atomic mass is 79.9. The van der Waals surface area contributed by atoms with E-state index in [0.717, 1.165) is 0 Å². The summed E-state index contributed by atoms with van der Waals surface area (Å²) in [6.45, 7) is 0.719. The van der Waals surface area contributed by atoms with Crippen molar-refractivity contribution in [3.05, 3.63) is 56.0 Å². The van der Waals surface area contributed by atoms with E-state index in [9.17, 15) is 9.59 Å². The summed E-state index contributed by atoms with van der Waals surface area (Å²) in [6.07, 6.45) is 4.43. The van der Waals surface area contributed by atoms with Crippen molar-refractivity contribution in [1.82, 2.24) is 14.1 Å². The molecule has 0 spiro atoms. The Balaban J connectivity index is 2.22. The van der Waals surface area contributed by atoms with Gasteiger partial charge in [-0.05, 0) is 22.0 Å². The van der Waals surface area contributed by atoms with Crippen LogP contribution in [0.2, 0.25) is 0 Å². The average molecular weight is 311 g/mol. The first-order chi connectivity index (χ1) is 8.58. The second-order valence-electron chi connectivity index (χ2n) is 3.73. The number of pyridine rings is 1. The van der Waals surface area contributed by atoms with E-state index in [1.54, 1.807) is 12.3 Å². The van der Waals surface area contributed by atoms with E-state index in [0.29, 0.717) is 23.2 Å². The number of nitrogens with zero attached hydrogens (tertiary/aromatic N) is 3. The second kappa shape index (κ2) is 5.18. The lowest BCUT2D eigenvalue weighted by molar-refractivity contribution is 0.545. The highest BCUT2D eigenvalue weighted by molar-refractivity contribution is 9.10. The molecule has 2 aromatic heterocycles. The molecule has 0 radical (unpaired) electrons. The molecule has 2 N–H and O–H groups in total. The van der Waals surface area contributed by atoms with Gasteiger partial charge in [-0.2, -0.15) is 0 Å². The van der Waals surface area contributed by atoms with Gasteiger partial charge >= 0.3 is 0 Å². The molecular weight excluding hydrogens is 300 g/mol. The van der Waals surface area contributed by atoms with Crippen LogP contribution in [0.1, 0.15) is 0 Å². The normalized spacial score (nSPS) is 10.5. The summed E-state index contributed by atoms with van der Waals surface area (Å²) in [5.74, 6) is 0. The van der Waals surface area contributed by atoms with Crippen molar-refractivity contribution in [1.29, 1.82) is 0 Å². The van der Waals surface area contributed by atoms with Crippen molar-refractivity contribution in [3.8, 4) is 0 Å². The van der Waals surface area contributed by atoms with Crippen molar-refractivity contribution in [3.63, 3.8) is 0 Å². The summed E-state index contributed by atoms with van der Waals surface area (Å²) in [7, 11) is 0. The van der Waals surface area contributed by atoms with Crippen LogP contribution in [0.4, 0.5) is 5.69 Å². The fraction of sp³-hybridized carbons (Fsp3) is 0.182. The first-order valence-electron chi connectivity index (χ1n) is 5.24. The zero-order valence-corrected chi connectivity index (χ0v) is 11.0. The average Bonchev–Trinajstić information content (AvgIpc) is 2.35. The maximum atomic E-state index is 11.7. The van der Waals surface area contributed by atoms with Crippen LogP contribution in [0.25, 0.3) is 0 Å². The minimum atomic E-state index is -0.179. The van der Waals surface area contributed by atoms with Crippen LogP contribution in [0.3, 0.4) is 0 Å². The maximum absolute atomic E-state index is 11.7. The van der Waals surface area contributed by atoms with Gasteiger partial charge < -0.3 is 10.3 Å². The molecule has 2 heterocycles. The lowest BCUT2D eigenvalue weighted by Crippen LogP contribution is -2.26. The second-order valence-corrected chi connectivity index (χ2v) is 4.59. The van der Waals surface area contributed by atoms with Gasteiger partial charge in [-0.15, -0.1) is 0 Å². The van der Waals surface area contributed by atoms with Gasteiger partial charge in [0.2, 0.25) is 0 Å². The van der Waals surface area contributed by atoms with Gasteiger partial charge in [0.15, 0.2) is 0 Å². The molecular formula is C11H11BrN4O2.